The highest BCUT2D eigenvalue weighted by Gasteiger charge is 2.07. The van der Waals surface area contributed by atoms with Crippen LogP contribution in [0.4, 0.5) is 5.69 Å². The van der Waals surface area contributed by atoms with Gasteiger partial charge in [0, 0.05) is 24.6 Å². The molecular formula is C11H16N2O2. The van der Waals surface area contributed by atoms with Crippen LogP contribution in [0, 0.1) is 0 Å². The van der Waals surface area contributed by atoms with E-state index in [4.69, 9.17) is 5.11 Å². The molecule has 4 heteroatoms. The summed E-state index contributed by atoms with van der Waals surface area (Å²) < 4.78 is 0. The maximum absolute atomic E-state index is 10.5. The highest BCUT2D eigenvalue weighted by molar-refractivity contribution is 5.73. The second-order valence-corrected chi connectivity index (χ2v) is 3.84. The SMILES string of the molecule is CC(C)c1cc(N(C)CC(=O)O)ccn1. The van der Waals surface area contributed by atoms with Crippen LogP contribution in [0.25, 0.3) is 0 Å². The van der Waals surface area contributed by atoms with Crippen LogP contribution in [0.5, 0.6) is 0 Å². The van der Waals surface area contributed by atoms with E-state index in [1.807, 2.05) is 12.1 Å². The molecule has 1 aromatic rings. The van der Waals surface area contributed by atoms with Gasteiger partial charge in [-0.3, -0.25) is 9.78 Å². The van der Waals surface area contributed by atoms with Gasteiger partial charge in [-0.25, -0.2) is 0 Å². The summed E-state index contributed by atoms with van der Waals surface area (Å²) in [4.78, 5) is 16.5. The van der Waals surface area contributed by atoms with E-state index in [1.54, 1.807) is 18.1 Å². The van der Waals surface area contributed by atoms with Crippen LogP contribution < -0.4 is 4.90 Å². The van der Waals surface area contributed by atoms with Crippen molar-refractivity contribution in [2.75, 3.05) is 18.5 Å². The van der Waals surface area contributed by atoms with Crippen molar-refractivity contribution in [3.05, 3.63) is 24.0 Å². The van der Waals surface area contributed by atoms with Crippen LogP contribution in [0.3, 0.4) is 0 Å². The number of nitrogens with zero attached hydrogens (tertiary/aromatic N) is 2. The standard InChI is InChI=1S/C11H16N2O2/c1-8(2)10-6-9(4-5-12-10)13(3)7-11(14)15/h4-6,8H,7H2,1-3H3,(H,14,15). The monoisotopic (exact) mass is 208 g/mol. The predicted octanol–water partition coefficient (Wildman–Crippen LogP) is 1.73. The topological polar surface area (TPSA) is 53.4 Å². The molecular weight excluding hydrogens is 192 g/mol. The first kappa shape index (κ1) is 11.5. The minimum absolute atomic E-state index is 0.00154. The largest absolute Gasteiger partial charge is 0.480 e. The smallest absolute Gasteiger partial charge is 0.323 e. The molecule has 0 bridgehead atoms. The highest BCUT2D eigenvalue weighted by atomic mass is 16.4. The van der Waals surface area contributed by atoms with Crippen LogP contribution in [0.1, 0.15) is 25.5 Å². The van der Waals surface area contributed by atoms with E-state index in [-0.39, 0.29) is 6.54 Å². The third kappa shape index (κ3) is 3.23. The molecule has 0 aliphatic heterocycles. The van der Waals surface area contributed by atoms with Crippen molar-refractivity contribution in [2.45, 2.75) is 19.8 Å². The molecule has 1 rings (SSSR count). The maximum atomic E-state index is 10.5. The number of hydrogen-bond acceptors (Lipinski definition) is 3. The van der Waals surface area contributed by atoms with E-state index >= 15 is 0 Å². The number of hydrogen-bond donors (Lipinski definition) is 1. The lowest BCUT2D eigenvalue weighted by atomic mass is 10.1. The summed E-state index contributed by atoms with van der Waals surface area (Å²) in [6, 6.07) is 3.74. The quantitative estimate of drug-likeness (QED) is 0.818. The number of carboxylic acids is 1. The molecule has 15 heavy (non-hydrogen) atoms. The molecule has 0 saturated carbocycles. The Morgan fingerprint density at radius 1 is 1.60 bits per heavy atom. The summed E-state index contributed by atoms with van der Waals surface area (Å²) in [5.41, 5.74) is 1.86. The van der Waals surface area contributed by atoms with E-state index in [1.165, 1.54) is 0 Å². The Hall–Kier alpha value is -1.58. The molecule has 82 valence electrons. The number of pyridine rings is 1. The summed E-state index contributed by atoms with van der Waals surface area (Å²) in [6.45, 7) is 4.12. The van der Waals surface area contributed by atoms with Crippen molar-refractivity contribution in [1.82, 2.24) is 4.98 Å². The predicted molar refractivity (Wildman–Crippen MR) is 59.2 cm³/mol. The lowest BCUT2D eigenvalue weighted by Crippen LogP contribution is -2.25. The summed E-state index contributed by atoms with van der Waals surface area (Å²) in [5.74, 6) is -0.483. The fourth-order valence-electron chi connectivity index (χ4n) is 1.28. The van der Waals surface area contributed by atoms with Crippen LogP contribution in [0.2, 0.25) is 0 Å². The van der Waals surface area contributed by atoms with Crippen LogP contribution in [0.15, 0.2) is 18.3 Å². The van der Waals surface area contributed by atoms with Gasteiger partial charge in [0.05, 0.1) is 0 Å². The molecule has 0 aliphatic carbocycles. The Morgan fingerprint density at radius 3 is 2.80 bits per heavy atom. The highest BCUT2D eigenvalue weighted by Crippen LogP contribution is 2.18. The minimum atomic E-state index is -0.833. The lowest BCUT2D eigenvalue weighted by molar-refractivity contribution is -0.135. The number of rotatable bonds is 4. The van der Waals surface area contributed by atoms with Crippen LogP contribution in [-0.2, 0) is 4.79 Å². The van der Waals surface area contributed by atoms with Gasteiger partial charge in [-0.1, -0.05) is 13.8 Å². The normalized spacial score (nSPS) is 10.4. The fourth-order valence-corrected chi connectivity index (χ4v) is 1.28. The van der Waals surface area contributed by atoms with Crippen LogP contribution >= 0.6 is 0 Å². The molecule has 0 radical (unpaired) electrons. The summed E-state index contributed by atoms with van der Waals surface area (Å²) >= 11 is 0. The molecule has 4 nitrogen and oxygen atoms in total. The molecule has 1 aromatic heterocycles. The van der Waals surface area contributed by atoms with Crippen LogP contribution in [-0.4, -0.2) is 29.7 Å². The molecule has 1 heterocycles. The first-order chi connectivity index (χ1) is 7.00. The zero-order chi connectivity index (χ0) is 11.4. The summed E-state index contributed by atoms with van der Waals surface area (Å²) in [6.07, 6.45) is 1.71. The summed E-state index contributed by atoms with van der Waals surface area (Å²) in [7, 11) is 1.76. The number of aromatic nitrogens is 1. The molecule has 0 spiro atoms. The number of anilines is 1. The van der Waals surface area contributed by atoms with Gasteiger partial charge in [-0.2, -0.15) is 0 Å². The average Bonchev–Trinajstić information content (AvgIpc) is 2.17. The molecule has 0 aliphatic rings. The fraction of sp³-hybridized carbons (Fsp3) is 0.455. The zero-order valence-corrected chi connectivity index (χ0v) is 9.27. The third-order valence-electron chi connectivity index (χ3n) is 2.17. The van der Waals surface area contributed by atoms with E-state index in [0.717, 1.165) is 11.4 Å². The van der Waals surface area contributed by atoms with Gasteiger partial charge in [0.15, 0.2) is 0 Å². The Morgan fingerprint density at radius 2 is 2.27 bits per heavy atom. The molecule has 0 fully saturated rings. The summed E-state index contributed by atoms with van der Waals surface area (Å²) in [5, 5.41) is 8.67. The van der Waals surface area contributed by atoms with Crippen molar-refractivity contribution in [1.29, 1.82) is 0 Å². The maximum Gasteiger partial charge on any atom is 0.323 e. The molecule has 0 unspecified atom stereocenters. The van der Waals surface area contributed by atoms with E-state index in [2.05, 4.69) is 18.8 Å². The Bertz CT molecular complexity index is 350. The molecule has 0 amide bonds. The second kappa shape index (κ2) is 4.77. The van der Waals surface area contributed by atoms with Crippen molar-refractivity contribution >= 4 is 11.7 Å². The molecule has 0 saturated heterocycles. The van der Waals surface area contributed by atoms with Crippen molar-refractivity contribution in [3.8, 4) is 0 Å². The first-order valence-electron chi connectivity index (χ1n) is 4.89. The second-order valence-electron chi connectivity index (χ2n) is 3.84. The third-order valence-corrected chi connectivity index (χ3v) is 2.17. The van der Waals surface area contributed by atoms with E-state index in [0.29, 0.717) is 5.92 Å². The Kier molecular flexibility index (Phi) is 3.66. The Labute approximate surface area is 89.6 Å². The van der Waals surface area contributed by atoms with E-state index in [9.17, 15) is 4.79 Å². The zero-order valence-electron chi connectivity index (χ0n) is 9.27. The van der Waals surface area contributed by atoms with Gasteiger partial charge in [-0.05, 0) is 18.1 Å². The lowest BCUT2D eigenvalue weighted by Gasteiger charge is -2.17. The van der Waals surface area contributed by atoms with Gasteiger partial charge in [0.1, 0.15) is 6.54 Å². The number of carboxylic acid groups (broad SMARTS) is 1. The van der Waals surface area contributed by atoms with Gasteiger partial charge >= 0.3 is 5.97 Å². The first-order valence-corrected chi connectivity index (χ1v) is 4.89. The van der Waals surface area contributed by atoms with Gasteiger partial charge in [0.2, 0.25) is 0 Å². The average molecular weight is 208 g/mol. The minimum Gasteiger partial charge on any atom is -0.480 e. The molecule has 0 atom stereocenters. The molecule has 0 aromatic carbocycles. The van der Waals surface area contributed by atoms with E-state index < -0.39 is 5.97 Å². The van der Waals surface area contributed by atoms with Gasteiger partial charge in [0.25, 0.3) is 0 Å². The number of aliphatic carboxylic acids is 1. The van der Waals surface area contributed by atoms with Gasteiger partial charge < -0.3 is 10.0 Å². The van der Waals surface area contributed by atoms with Crippen molar-refractivity contribution in [2.24, 2.45) is 0 Å². The number of carbonyl (C=O) groups is 1. The van der Waals surface area contributed by atoms with Crippen molar-refractivity contribution in [3.63, 3.8) is 0 Å². The van der Waals surface area contributed by atoms with Crippen molar-refractivity contribution < 1.29 is 9.90 Å². The number of likely N-dealkylation sites (N-methyl/N-ethyl adjacent to an activating group) is 1. The molecule has 1 N–H and O–H groups in total. The van der Waals surface area contributed by atoms with Gasteiger partial charge in [-0.15, -0.1) is 0 Å². The Balaban J connectivity index is 2.85.